The molecule has 2 rings (SSSR count). The van der Waals surface area contributed by atoms with Gasteiger partial charge < -0.3 is 10.6 Å². The van der Waals surface area contributed by atoms with Gasteiger partial charge in [0.25, 0.3) is 0 Å². The molecule has 0 saturated carbocycles. The Hall–Kier alpha value is -1.84. The maximum atomic E-state index is 11.9. The summed E-state index contributed by atoms with van der Waals surface area (Å²) in [6, 6.07) is 7.97. The molecule has 18 heavy (non-hydrogen) atoms. The maximum Gasteiger partial charge on any atom is 0.223 e. The molecular formula is C14H18N2O2. The van der Waals surface area contributed by atoms with E-state index >= 15 is 0 Å². The fraction of sp³-hybridized carbons (Fsp3) is 0.429. The van der Waals surface area contributed by atoms with E-state index < -0.39 is 0 Å². The number of hydrogen-bond acceptors (Lipinski definition) is 2. The van der Waals surface area contributed by atoms with Crippen LogP contribution in [0.4, 0.5) is 0 Å². The number of nitrogens with zero attached hydrogens (tertiary/aromatic N) is 1. The average molecular weight is 246 g/mol. The summed E-state index contributed by atoms with van der Waals surface area (Å²) in [7, 11) is 0. The highest BCUT2D eigenvalue weighted by Gasteiger charge is 2.36. The summed E-state index contributed by atoms with van der Waals surface area (Å²) in [6.45, 7) is 4.45. The van der Waals surface area contributed by atoms with E-state index in [1.165, 1.54) is 0 Å². The van der Waals surface area contributed by atoms with E-state index in [1.807, 2.05) is 38.1 Å². The Labute approximate surface area is 107 Å². The van der Waals surface area contributed by atoms with Crippen LogP contribution < -0.4 is 5.73 Å². The Morgan fingerprint density at radius 3 is 2.67 bits per heavy atom. The second-order valence-corrected chi connectivity index (χ2v) is 4.88. The molecule has 0 aliphatic carbocycles. The molecule has 1 aliphatic rings. The van der Waals surface area contributed by atoms with Crippen LogP contribution in [-0.2, 0) is 9.59 Å². The highest BCUT2D eigenvalue weighted by Crippen LogP contribution is 2.29. The third-order valence-corrected chi connectivity index (χ3v) is 3.67. The first-order valence-electron chi connectivity index (χ1n) is 6.15. The Kier molecular flexibility index (Phi) is 3.36. The summed E-state index contributed by atoms with van der Waals surface area (Å²) in [5.74, 6) is -0.721. The second-order valence-electron chi connectivity index (χ2n) is 4.88. The van der Waals surface area contributed by atoms with Gasteiger partial charge >= 0.3 is 0 Å². The van der Waals surface area contributed by atoms with Crippen LogP contribution in [-0.4, -0.2) is 23.3 Å². The molecule has 0 spiro atoms. The molecule has 4 heteroatoms. The molecule has 2 atom stereocenters. The smallest absolute Gasteiger partial charge is 0.223 e. The number of aryl methyl sites for hydroxylation is 1. The van der Waals surface area contributed by atoms with Crippen molar-refractivity contribution in [3.63, 3.8) is 0 Å². The van der Waals surface area contributed by atoms with E-state index in [2.05, 4.69) is 0 Å². The van der Waals surface area contributed by atoms with Crippen molar-refractivity contribution in [1.29, 1.82) is 0 Å². The van der Waals surface area contributed by atoms with Crippen molar-refractivity contribution in [2.75, 3.05) is 6.54 Å². The SMILES string of the molecule is Cc1ccccc1C(C)N1CC(C(N)=O)CC1=O. The standard InChI is InChI=1S/C14H18N2O2/c1-9-5-3-4-6-12(9)10(2)16-8-11(14(15)18)7-13(16)17/h3-6,10-11H,7-8H2,1-2H3,(H2,15,18). The van der Waals surface area contributed by atoms with Gasteiger partial charge in [0.2, 0.25) is 11.8 Å². The number of nitrogens with two attached hydrogens (primary N) is 1. The lowest BCUT2D eigenvalue weighted by molar-refractivity contribution is -0.130. The first-order chi connectivity index (χ1) is 8.50. The van der Waals surface area contributed by atoms with Gasteiger partial charge in [0.1, 0.15) is 0 Å². The Morgan fingerprint density at radius 2 is 2.11 bits per heavy atom. The van der Waals surface area contributed by atoms with Crippen LogP contribution in [0.15, 0.2) is 24.3 Å². The summed E-state index contributed by atoms with van der Waals surface area (Å²) in [5.41, 5.74) is 7.55. The van der Waals surface area contributed by atoms with Crippen molar-refractivity contribution < 1.29 is 9.59 Å². The van der Waals surface area contributed by atoms with Crippen LogP contribution in [0.2, 0.25) is 0 Å². The Bertz CT molecular complexity index is 484. The van der Waals surface area contributed by atoms with Crippen LogP contribution in [0, 0.1) is 12.8 Å². The second kappa shape index (κ2) is 4.80. The predicted molar refractivity (Wildman–Crippen MR) is 68.6 cm³/mol. The fourth-order valence-electron chi connectivity index (χ4n) is 2.52. The first-order valence-corrected chi connectivity index (χ1v) is 6.15. The van der Waals surface area contributed by atoms with Gasteiger partial charge in [-0.25, -0.2) is 0 Å². The number of carbonyl (C=O) groups excluding carboxylic acids is 2. The van der Waals surface area contributed by atoms with Crippen molar-refractivity contribution in [2.45, 2.75) is 26.3 Å². The molecule has 4 nitrogen and oxygen atoms in total. The van der Waals surface area contributed by atoms with Crippen LogP contribution in [0.5, 0.6) is 0 Å². The minimum atomic E-state index is -0.386. The van der Waals surface area contributed by atoms with E-state index in [4.69, 9.17) is 5.73 Å². The quantitative estimate of drug-likeness (QED) is 0.876. The number of primary amides is 1. The number of benzene rings is 1. The number of rotatable bonds is 3. The minimum Gasteiger partial charge on any atom is -0.369 e. The largest absolute Gasteiger partial charge is 0.369 e. The van der Waals surface area contributed by atoms with E-state index in [0.29, 0.717) is 6.54 Å². The van der Waals surface area contributed by atoms with Crippen LogP contribution in [0.3, 0.4) is 0 Å². The van der Waals surface area contributed by atoms with E-state index in [1.54, 1.807) is 4.90 Å². The van der Waals surface area contributed by atoms with Crippen LogP contribution in [0.25, 0.3) is 0 Å². The van der Waals surface area contributed by atoms with Gasteiger partial charge in [0.05, 0.1) is 12.0 Å². The molecule has 1 aromatic carbocycles. The monoisotopic (exact) mass is 246 g/mol. The third-order valence-electron chi connectivity index (χ3n) is 3.67. The molecule has 0 bridgehead atoms. The van der Waals surface area contributed by atoms with Crippen molar-refractivity contribution in [3.05, 3.63) is 35.4 Å². The van der Waals surface area contributed by atoms with Crippen molar-refractivity contribution in [2.24, 2.45) is 11.7 Å². The van der Waals surface area contributed by atoms with Crippen LogP contribution >= 0.6 is 0 Å². The zero-order chi connectivity index (χ0) is 13.3. The van der Waals surface area contributed by atoms with Gasteiger partial charge in [0, 0.05) is 13.0 Å². The zero-order valence-corrected chi connectivity index (χ0v) is 10.7. The molecule has 1 aromatic rings. The van der Waals surface area contributed by atoms with E-state index in [9.17, 15) is 9.59 Å². The molecule has 0 aromatic heterocycles. The summed E-state index contributed by atoms with van der Waals surface area (Å²) >= 11 is 0. The summed E-state index contributed by atoms with van der Waals surface area (Å²) in [4.78, 5) is 24.8. The molecule has 2 amide bonds. The van der Waals surface area contributed by atoms with Crippen molar-refractivity contribution in [3.8, 4) is 0 Å². The first kappa shape index (κ1) is 12.6. The molecular weight excluding hydrogens is 228 g/mol. The highest BCUT2D eigenvalue weighted by atomic mass is 16.2. The van der Waals surface area contributed by atoms with Gasteiger partial charge in [-0.15, -0.1) is 0 Å². The molecule has 1 saturated heterocycles. The third kappa shape index (κ3) is 2.23. The number of amides is 2. The summed E-state index contributed by atoms with van der Waals surface area (Å²) in [5, 5.41) is 0. The highest BCUT2D eigenvalue weighted by molar-refractivity contribution is 5.88. The zero-order valence-electron chi connectivity index (χ0n) is 10.7. The molecule has 1 heterocycles. The van der Waals surface area contributed by atoms with Gasteiger partial charge in [-0.3, -0.25) is 9.59 Å². The predicted octanol–water partition coefficient (Wildman–Crippen LogP) is 1.39. The summed E-state index contributed by atoms with van der Waals surface area (Å²) in [6.07, 6.45) is 0.242. The topological polar surface area (TPSA) is 63.4 Å². The Balaban J connectivity index is 2.20. The average Bonchev–Trinajstić information content (AvgIpc) is 2.71. The Morgan fingerprint density at radius 1 is 1.44 bits per heavy atom. The molecule has 2 unspecified atom stereocenters. The van der Waals surface area contributed by atoms with Gasteiger partial charge in [-0.05, 0) is 25.0 Å². The molecule has 1 aliphatic heterocycles. The number of likely N-dealkylation sites (tertiary alicyclic amines) is 1. The molecule has 0 radical (unpaired) electrons. The van der Waals surface area contributed by atoms with E-state index in [0.717, 1.165) is 11.1 Å². The van der Waals surface area contributed by atoms with Gasteiger partial charge in [0.15, 0.2) is 0 Å². The van der Waals surface area contributed by atoms with E-state index in [-0.39, 0.29) is 30.2 Å². The normalized spacial score (nSPS) is 21.1. The van der Waals surface area contributed by atoms with Crippen LogP contribution in [0.1, 0.15) is 30.5 Å². The fourth-order valence-corrected chi connectivity index (χ4v) is 2.52. The molecule has 1 fully saturated rings. The molecule has 2 N–H and O–H groups in total. The lowest BCUT2D eigenvalue weighted by atomic mass is 10.0. The molecule has 96 valence electrons. The minimum absolute atomic E-state index is 0.00885. The maximum absolute atomic E-state index is 11.9. The lowest BCUT2D eigenvalue weighted by Gasteiger charge is -2.26. The van der Waals surface area contributed by atoms with Crippen molar-refractivity contribution >= 4 is 11.8 Å². The lowest BCUT2D eigenvalue weighted by Crippen LogP contribution is -2.31. The van der Waals surface area contributed by atoms with Gasteiger partial charge in [-0.2, -0.15) is 0 Å². The van der Waals surface area contributed by atoms with Crippen molar-refractivity contribution in [1.82, 2.24) is 4.90 Å². The van der Waals surface area contributed by atoms with Gasteiger partial charge in [-0.1, -0.05) is 24.3 Å². The summed E-state index contributed by atoms with van der Waals surface area (Å²) < 4.78 is 0. The number of carbonyl (C=O) groups is 2. The number of hydrogen-bond donors (Lipinski definition) is 1.